The van der Waals surface area contributed by atoms with Crippen molar-refractivity contribution in [1.29, 1.82) is 0 Å². The zero-order chi connectivity index (χ0) is 15.6. The van der Waals surface area contributed by atoms with Gasteiger partial charge >= 0.3 is 12.1 Å². The van der Waals surface area contributed by atoms with Gasteiger partial charge in [0.15, 0.2) is 0 Å². The van der Waals surface area contributed by atoms with E-state index in [4.69, 9.17) is 21.1 Å². The molecule has 0 radical (unpaired) electrons. The third kappa shape index (κ3) is 3.49. The molecule has 0 amide bonds. The Balaban J connectivity index is 2.14. The number of aromatic carboxylic acids is 1. The van der Waals surface area contributed by atoms with E-state index in [9.17, 15) is 18.0 Å². The second kappa shape index (κ2) is 5.69. The molecule has 0 spiro atoms. The molecule has 2 N–H and O–H groups in total. The number of hydrogen-bond acceptors (Lipinski definition) is 3. The third-order valence-electron chi connectivity index (χ3n) is 2.71. The highest BCUT2D eigenvalue weighted by Crippen LogP contribution is 2.33. The smallest absolute Gasteiger partial charge is 0.416 e. The average molecular weight is 320 g/mol. The van der Waals surface area contributed by atoms with E-state index in [-0.39, 0.29) is 23.0 Å². The van der Waals surface area contributed by atoms with Gasteiger partial charge in [0.05, 0.1) is 22.5 Å². The summed E-state index contributed by atoms with van der Waals surface area (Å²) in [6, 6.07) is 4.33. The van der Waals surface area contributed by atoms with E-state index in [1.165, 1.54) is 18.4 Å². The molecular formula is C13H9ClF3NO3. The zero-order valence-corrected chi connectivity index (χ0v) is 11.1. The maximum Gasteiger partial charge on any atom is 0.416 e. The van der Waals surface area contributed by atoms with Gasteiger partial charge in [-0.1, -0.05) is 11.6 Å². The van der Waals surface area contributed by atoms with E-state index < -0.39 is 17.7 Å². The summed E-state index contributed by atoms with van der Waals surface area (Å²) >= 11 is 5.78. The van der Waals surface area contributed by atoms with Crippen LogP contribution in [-0.2, 0) is 12.7 Å². The highest BCUT2D eigenvalue weighted by molar-refractivity contribution is 6.33. The van der Waals surface area contributed by atoms with Crippen LogP contribution >= 0.6 is 11.6 Å². The Morgan fingerprint density at radius 3 is 2.62 bits per heavy atom. The molecule has 0 saturated heterocycles. The number of furan rings is 1. The zero-order valence-electron chi connectivity index (χ0n) is 10.4. The molecule has 112 valence electrons. The normalized spacial score (nSPS) is 11.4. The lowest BCUT2D eigenvalue weighted by atomic mass is 10.2. The van der Waals surface area contributed by atoms with Gasteiger partial charge < -0.3 is 14.8 Å². The molecule has 1 aromatic heterocycles. The van der Waals surface area contributed by atoms with E-state index in [1.54, 1.807) is 0 Å². The average Bonchev–Trinajstić information content (AvgIpc) is 2.84. The molecule has 0 atom stereocenters. The van der Waals surface area contributed by atoms with Gasteiger partial charge in [0.1, 0.15) is 0 Å². The van der Waals surface area contributed by atoms with Crippen LogP contribution in [0.2, 0.25) is 5.02 Å². The van der Waals surface area contributed by atoms with Crippen LogP contribution in [0.5, 0.6) is 0 Å². The number of benzene rings is 1. The molecule has 21 heavy (non-hydrogen) atoms. The lowest BCUT2D eigenvalue weighted by Crippen LogP contribution is -2.07. The molecule has 1 aromatic carbocycles. The minimum Gasteiger partial charge on any atom is -0.475 e. The van der Waals surface area contributed by atoms with Gasteiger partial charge in [0.25, 0.3) is 0 Å². The van der Waals surface area contributed by atoms with Crippen molar-refractivity contribution in [1.82, 2.24) is 0 Å². The molecular weight excluding hydrogens is 311 g/mol. The molecule has 2 rings (SSSR count). The van der Waals surface area contributed by atoms with Crippen molar-refractivity contribution in [2.75, 3.05) is 5.32 Å². The summed E-state index contributed by atoms with van der Waals surface area (Å²) in [6.45, 7) is 0.0587. The molecule has 1 heterocycles. The molecule has 0 fully saturated rings. The minimum absolute atomic E-state index is 0.0587. The number of carbonyl (C=O) groups is 1. The van der Waals surface area contributed by atoms with E-state index in [1.807, 2.05) is 0 Å². The number of hydrogen-bond donors (Lipinski definition) is 2. The Hall–Kier alpha value is -2.15. The van der Waals surface area contributed by atoms with Crippen molar-refractivity contribution in [2.45, 2.75) is 12.7 Å². The van der Waals surface area contributed by atoms with Gasteiger partial charge in [-0.3, -0.25) is 0 Å². The quantitative estimate of drug-likeness (QED) is 0.883. The highest BCUT2D eigenvalue weighted by Gasteiger charge is 2.30. The van der Waals surface area contributed by atoms with Gasteiger partial charge in [-0.25, -0.2) is 4.79 Å². The van der Waals surface area contributed by atoms with Gasteiger partial charge in [0, 0.05) is 12.1 Å². The Morgan fingerprint density at radius 1 is 1.33 bits per heavy atom. The van der Waals surface area contributed by atoms with Crippen LogP contribution in [0.1, 0.15) is 21.7 Å². The summed E-state index contributed by atoms with van der Waals surface area (Å²) in [5, 5.41) is 11.5. The van der Waals surface area contributed by atoms with Crippen LogP contribution < -0.4 is 5.32 Å². The summed E-state index contributed by atoms with van der Waals surface area (Å²) in [5.74, 6) is -1.46. The van der Waals surface area contributed by atoms with Crippen molar-refractivity contribution in [3.05, 3.63) is 52.4 Å². The van der Waals surface area contributed by atoms with Crippen LogP contribution in [0.15, 0.2) is 34.9 Å². The minimum atomic E-state index is -4.47. The number of carboxylic acids is 1. The summed E-state index contributed by atoms with van der Waals surface area (Å²) in [4.78, 5) is 10.8. The fourth-order valence-electron chi connectivity index (χ4n) is 1.69. The fourth-order valence-corrected chi connectivity index (χ4v) is 1.94. The van der Waals surface area contributed by atoms with Crippen molar-refractivity contribution < 1.29 is 27.5 Å². The number of nitrogens with one attached hydrogen (secondary N) is 1. The molecule has 8 heteroatoms. The second-order valence-electron chi connectivity index (χ2n) is 4.13. The number of alkyl halides is 3. The maximum atomic E-state index is 12.5. The van der Waals surface area contributed by atoms with Crippen molar-refractivity contribution in [3.8, 4) is 0 Å². The Bertz CT molecular complexity index is 667. The van der Waals surface area contributed by atoms with E-state index in [0.717, 1.165) is 12.1 Å². The summed E-state index contributed by atoms with van der Waals surface area (Å²) in [5.41, 5.74) is -0.228. The molecule has 0 saturated carbocycles. The molecule has 0 aliphatic carbocycles. The molecule has 4 nitrogen and oxygen atoms in total. The number of halogens is 4. The molecule has 0 unspecified atom stereocenters. The van der Waals surface area contributed by atoms with Crippen molar-refractivity contribution in [3.63, 3.8) is 0 Å². The lowest BCUT2D eigenvalue weighted by molar-refractivity contribution is -0.137. The standard InChI is InChI=1S/C13H9ClF3NO3/c14-9-5-8(13(15,16)17)1-2-10(9)18-6-7-3-4-21-11(7)12(19)20/h1-5,18H,6H2,(H,19,20). The summed E-state index contributed by atoms with van der Waals surface area (Å²) in [6.07, 6.45) is -3.25. The van der Waals surface area contributed by atoms with Gasteiger partial charge in [0.2, 0.25) is 5.76 Å². The van der Waals surface area contributed by atoms with Crippen LogP contribution in [0.3, 0.4) is 0 Å². The first kappa shape index (κ1) is 15.2. The number of rotatable bonds is 4. The Morgan fingerprint density at radius 2 is 2.05 bits per heavy atom. The van der Waals surface area contributed by atoms with Crippen LogP contribution in [0.4, 0.5) is 18.9 Å². The predicted octanol–water partition coefficient (Wildman–Crippen LogP) is 4.26. The van der Waals surface area contributed by atoms with Crippen LogP contribution in [-0.4, -0.2) is 11.1 Å². The van der Waals surface area contributed by atoms with Gasteiger partial charge in [-0.15, -0.1) is 0 Å². The van der Waals surface area contributed by atoms with Gasteiger partial charge in [-0.05, 0) is 24.3 Å². The van der Waals surface area contributed by atoms with E-state index in [2.05, 4.69) is 5.32 Å². The molecule has 2 aromatic rings. The maximum absolute atomic E-state index is 12.5. The summed E-state index contributed by atoms with van der Waals surface area (Å²) in [7, 11) is 0. The van der Waals surface area contributed by atoms with Crippen LogP contribution in [0, 0.1) is 0 Å². The first-order valence-electron chi connectivity index (χ1n) is 5.69. The fraction of sp³-hybridized carbons (Fsp3) is 0.154. The van der Waals surface area contributed by atoms with E-state index >= 15 is 0 Å². The lowest BCUT2D eigenvalue weighted by Gasteiger charge is -2.11. The largest absolute Gasteiger partial charge is 0.475 e. The topological polar surface area (TPSA) is 62.5 Å². The number of anilines is 1. The van der Waals surface area contributed by atoms with Crippen molar-refractivity contribution in [2.24, 2.45) is 0 Å². The molecule has 0 aliphatic rings. The second-order valence-corrected chi connectivity index (χ2v) is 4.53. The third-order valence-corrected chi connectivity index (χ3v) is 3.02. The Kier molecular flexibility index (Phi) is 4.13. The van der Waals surface area contributed by atoms with Crippen LogP contribution in [0.25, 0.3) is 0 Å². The first-order valence-corrected chi connectivity index (χ1v) is 6.07. The Labute approximate surface area is 122 Å². The number of carboxylic acid groups (broad SMARTS) is 1. The molecule has 0 bridgehead atoms. The SMILES string of the molecule is O=C(O)c1occc1CNc1ccc(C(F)(F)F)cc1Cl. The monoisotopic (exact) mass is 319 g/mol. The summed E-state index contributed by atoms with van der Waals surface area (Å²) < 4.78 is 42.3. The van der Waals surface area contributed by atoms with Gasteiger partial charge in [-0.2, -0.15) is 13.2 Å². The highest BCUT2D eigenvalue weighted by atomic mass is 35.5. The predicted molar refractivity (Wildman–Crippen MR) is 69.4 cm³/mol. The first-order chi connectivity index (χ1) is 9.79. The molecule has 0 aliphatic heterocycles. The van der Waals surface area contributed by atoms with E-state index in [0.29, 0.717) is 5.56 Å². The van der Waals surface area contributed by atoms with Crippen molar-refractivity contribution >= 4 is 23.3 Å².